The molecule has 4 nitrogen and oxygen atoms in total. The van der Waals surface area contributed by atoms with Crippen LogP contribution in [0.25, 0.3) is 6.08 Å². The van der Waals surface area contributed by atoms with Gasteiger partial charge in [-0.05, 0) is 74.4 Å². The van der Waals surface area contributed by atoms with Gasteiger partial charge in [-0.3, -0.25) is 4.79 Å². The molecule has 0 bridgehead atoms. The second-order valence-corrected chi connectivity index (χ2v) is 7.55. The van der Waals surface area contributed by atoms with E-state index in [0.717, 1.165) is 19.3 Å². The second-order valence-electron chi connectivity index (χ2n) is 5.84. The van der Waals surface area contributed by atoms with Crippen LogP contribution in [0.3, 0.4) is 0 Å². The zero-order chi connectivity index (χ0) is 17.0. The van der Waals surface area contributed by atoms with Gasteiger partial charge in [0, 0.05) is 6.04 Å². The Morgan fingerprint density at radius 3 is 2.52 bits per heavy atom. The second kappa shape index (κ2) is 7.98. The quantitative estimate of drug-likeness (QED) is 0.534. The molecule has 23 heavy (non-hydrogen) atoms. The third-order valence-electron chi connectivity index (χ3n) is 4.14. The van der Waals surface area contributed by atoms with Crippen LogP contribution in [0, 0.1) is 17.2 Å². The molecular weight excluding hydrogens is 424 g/mol. The molecule has 2 N–H and O–H groups in total. The Labute approximate surface area is 152 Å². The average molecular weight is 442 g/mol. The number of phenols is 1. The molecule has 1 aromatic carbocycles. The first-order valence-corrected chi connectivity index (χ1v) is 9.11. The smallest absolute Gasteiger partial charge is 0.262 e. The van der Waals surface area contributed by atoms with Gasteiger partial charge in [0.2, 0.25) is 0 Å². The molecule has 0 aliphatic heterocycles. The molecule has 1 aliphatic rings. The number of nitrogens with one attached hydrogen (secondary N) is 1. The molecule has 2 atom stereocenters. The highest BCUT2D eigenvalue weighted by Crippen LogP contribution is 2.34. The summed E-state index contributed by atoms with van der Waals surface area (Å²) in [6, 6.07) is 5.42. The Bertz CT molecular complexity index is 657. The van der Waals surface area contributed by atoms with E-state index in [4.69, 9.17) is 0 Å². The van der Waals surface area contributed by atoms with E-state index in [9.17, 15) is 15.2 Å². The lowest BCUT2D eigenvalue weighted by atomic mass is 9.86. The van der Waals surface area contributed by atoms with Gasteiger partial charge in [-0.25, -0.2) is 0 Å². The van der Waals surface area contributed by atoms with Crippen molar-refractivity contribution in [3.05, 3.63) is 32.2 Å². The fourth-order valence-corrected chi connectivity index (χ4v) is 3.98. The summed E-state index contributed by atoms with van der Waals surface area (Å²) in [4.78, 5) is 12.4. The van der Waals surface area contributed by atoms with Gasteiger partial charge in [-0.2, -0.15) is 5.26 Å². The summed E-state index contributed by atoms with van der Waals surface area (Å²) in [5.74, 6) is 0.178. The Kier molecular flexibility index (Phi) is 6.25. The van der Waals surface area contributed by atoms with Crippen molar-refractivity contribution in [2.75, 3.05) is 0 Å². The number of amides is 1. The summed E-state index contributed by atoms with van der Waals surface area (Å²) in [6.45, 7) is 2.13. The zero-order valence-electron chi connectivity index (χ0n) is 12.8. The first kappa shape index (κ1) is 18.0. The largest absolute Gasteiger partial charge is 0.506 e. The standard InChI is InChI=1S/C17H18Br2N2O2/c1-10-4-2-3-5-15(10)21-17(23)12(9-20)6-11-7-13(18)16(22)14(19)8-11/h6-8,10,15,22H,2-5H2,1H3,(H,21,23)/b12-6+/t10-,15-/m0/s1. The van der Waals surface area contributed by atoms with Crippen molar-refractivity contribution in [3.63, 3.8) is 0 Å². The topological polar surface area (TPSA) is 73.1 Å². The van der Waals surface area contributed by atoms with Crippen molar-refractivity contribution >= 4 is 43.8 Å². The number of halogens is 2. The fourth-order valence-electron chi connectivity index (χ4n) is 2.76. The molecule has 1 fully saturated rings. The summed E-state index contributed by atoms with van der Waals surface area (Å²) in [7, 11) is 0. The molecule has 0 saturated heterocycles. The number of carbonyl (C=O) groups is 1. The van der Waals surface area contributed by atoms with Crippen LogP contribution in [-0.2, 0) is 4.79 Å². The molecule has 0 radical (unpaired) electrons. The molecule has 6 heteroatoms. The van der Waals surface area contributed by atoms with Crippen LogP contribution in [0.4, 0.5) is 0 Å². The predicted molar refractivity (Wildman–Crippen MR) is 96.7 cm³/mol. The third kappa shape index (κ3) is 4.58. The monoisotopic (exact) mass is 440 g/mol. The average Bonchev–Trinajstić information content (AvgIpc) is 2.52. The highest BCUT2D eigenvalue weighted by atomic mass is 79.9. The van der Waals surface area contributed by atoms with Crippen LogP contribution < -0.4 is 5.32 Å². The number of rotatable bonds is 3. The Hall–Kier alpha value is -1.32. The number of carbonyl (C=O) groups excluding carboxylic acids is 1. The van der Waals surface area contributed by atoms with Crippen LogP contribution >= 0.6 is 31.9 Å². The maximum absolute atomic E-state index is 12.4. The normalized spacial score (nSPS) is 21.6. The molecule has 0 heterocycles. The minimum absolute atomic E-state index is 0.0623. The maximum Gasteiger partial charge on any atom is 0.262 e. The number of benzene rings is 1. The molecule has 122 valence electrons. The fraction of sp³-hybridized carbons (Fsp3) is 0.412. The Balaban J connectivity index is 2.18. The molecular formula is C17H18Br2N2O2. The van der Waals surface area contributed by atoms with Gasteiger partial charge in [-0.15, -0.1) is 0 Å². The molecule has 0 spiro atoms. The minimum atomic E-state index is -0.341. The van der Waals surface area contributed by atoms with E-state index >= 15 is 0 Å². The van der Waals surface area contributed by atoms with Crippen molar-refractivity contribution in [1.82, 2.24) is 5.32 Å². The minimum Gasteiger partial charge on any atom is -0.506 e. The van der Waals surface area contributed by atoms with Crippen molar-refractivity contribution < 1.29 is 9.90 Å². The summed E-state index contributed by atoms with van der Waals surface area (Å²) in [6.07, 6.45) is 5.90. The van der Waals surface area contributed by atoms with Gasteiger partial charge in [0.15, 0.2) is 0 Å². The molecule has 0 unspecified atom stereocenters. The summed E-state index contributed by atoms with van der Waals surface area (Å²) < 4.78 is 0.994. The van der Waals surface area contributed by atoms with Crippen LogP contribution in [0.1, 0.15) is 38.2 Å². The SMILES string of the molecule is C[C@H]1CCCC[C@@H]1NC(=O)/C(C#N)=C/c1cc(Br)c(O)c(Br)c1. The lowest BCUT2D eigenvalue weighted by Gasteiger charge is -2.29. The van der Waals surface area contributed by atoms with E-state index in [-0.39, 0.29) is 23.3 Å². The number of aromatic hydroxyl groups is 1. The summed E-state index contributed by atoms with van der Waals surface area (Å²) in [5, 5.41) is 22.0. The van der Waals surface area contributed by atoms with E-state index in [0.29, 0.717) is 20.4 Å². The number of hydrogen-bond acceptors (Lipinski definition) is 3. The van der Waals surface area contributed by atoms with Crippen molar-refractivity contribution in [1.29, 1.82) is 5.26 Å². The maximum atomic E-state index is 12.4. The van der Waals surface area contributed by atoms with Gasteiger partial charge in [-0.1, -0.05) is 19.8 Å². The predicted octanol–water partition coefficient (Wildman–Crippen LogP) is 4.52. The molecule has 1 amide bonds. The summed E-state index contributed by atoms with van der Waals surface area (Å²) >= 11 is 6.48. The lowest BCUT2D eigenvalue weighted by molar-refractivity contribution is -0.118. The first-order chi connectivity index (χ1) is 10.9. The third-order valence-corrected chi connectivity index (χ3v) is 5.35. The van der Waals surface area contributed by atoms with Crippen molar-refractivity contribution in [2.45, 2.75) is 38.6 Å². The van der Waals surface area contributed by atoms with Gasteiger partial charge < -0.3 is 10.4 Å². The Morgan fingerprint density at radius 1 is 1.35 bits per heavy atom. The van der Waals surface area contributed by atoms with Crippen LogP contribution in [0.5, 0.6) is 5.75 Å². The number of nitrogens with zero attached hydrogens (tertiary/aromatic N) is 1. The van der Waals surface area contributed by atoms with Crippen molar-refractivity contribution in [2.24, 2.45) is 5.92 Å². The van der Waals surface area contributed by atoms with Crippen LogP contribution in [0.2, 0.25) is 0 Å². The number of nitriles is 1. The number of phenolic OH excluding ortho intramolecular Hbond substituents is 1. The molecule has 0 aromatic heterocycles. The number of hydrogen-bond donors (Lipinski definition) is 2. The van der Waals surface area contributed by atoms with Gasteiger partial charge >= 0.3 is 0 Å². The van der Waals surface area contributed by atoms with E-state index in [1.54, 1.807) is 12.1 Å². The van der Waals surface area contributed by atoms with E-state index in [2.05, 4.69) is 44.1 Å². The van der Waals surface area contributed by atoms with Gasteiger partial charge in [0.05, 0.1) is 8.95 Å². The molecule has 1 aromatic rings. The van der Waals surface area contributed by atoms with Crippen LogP contribution in [-0.4, -0.2) is 17.1 Å². The lowest BCUT2D eigenvalue weighted by Crippen LogP contribution is -2.41. The van der Waals surface area contributed by atoms with Crippen LogP contribution in [0.15, 0.2) is 26.7 Å². The van der Waals surface area contributed by atoms with E-state index in [1.165, 1.54) is 12.5 Å². The molecule has 1 aliphatic carbocycles. The zero-order valence-corrected chi connectivity index (χ0v) is 15.9. The van der Waals surface area contributed by atoms with E-state index in [1.807, 2.05) is 6.07 Å². The Morgan fingerprint density at radius 2 is 1.96 bits per heavy atom. The molecule has 1 saturated carbocycles. The van der Waals surface area contributed by atoms with Crippen molar-refractivity contribution in [3.8, 4) is 11.8 Å². The van der Waals surface area contributed by atoms with E-state index < -0.39 is 0 Å². The van der Waals surface area contributed by atoms with Gasteiger partial charge in [0.1, 0.15) is 17.4 Å². The molecule has 2 rings (SSSR count). The highest BCUT2D eigenvalue weighted by Gasteiger charge is 2.24. The highest BCUT2D eigenvalue weighted by molar-refractivity contribution is 9.11. The van der Waals surface area contributed by atoms with Gasteiger partial charge in [0.25, 0.3) is 5.91 Å². The summed E-state index contributed by atoms with van der Waals surface area (Å²) in [5.41, 5.74) is 0.720. The first-order valence-electron chi connectivity index (χ1n) is 7.53.